The van der Waals surface area contributed by atoms with E-state index in [4.69, 9.17) is 5.73 Å². The SMILES string of the molecule is Cl.N[C@@H](c1c(C(=O)O)ccc(Br)c1O)C1CCCC1. The number of carboxylic acids is 1. The number of hydrogen-bond acceptors (Lipinski definition) is 3. The molecule has 1 aliphatic carbocycles. The van der Waals surface area contributed by atoms with Gasteiger partial charge in [0.05, 0.1) is 10.0 Å². The minimum absolute atomic E-state index is 0. The normalized spacial score (nSPS) is 16.9. The zero-order chi connectivity index (χ0) is 13.3. The molecule has 0 radical (unpaired) electrons. The quantitative estimate of drug-likeness (QED) is 0.779. The lowest BCUT2D eigenvalue weighted by molar-refractivity contribution is 0.0694. The number of benzene rings is 1. The van der Waals surface area contributed by atoms with Gasteiger partial charge in [-0.15, -0.1) is 12.4 Å². The fraction of sp³-hybridized carbons (Fsp3) is 0.462. The number of halogens is 2. The highest BCUT2D eigenvalue weighted by Crippen LogP contribution is 2.41. The first-order valence-corrected chi connectivity index (χ1v) is 6.82. The summed E-state index contributed by atoms with van der Waals surface area (Å²) >= 11 is 3.21. The van der Waals surface area contributed by atoms with Crippen molar-refractivity contribution in [2.45, 2.75) is 31.7 Å². The first-order chi connectivity index (χ1) is 8.52. The number of aromatic hydroxyl groups is 1. The zero-order valence-electron chi connectivity index (χ0n) is 10.3. The largest absolute Gasteiger partial charge is 0.506 e. The second-order valence-corrected chi connectivity index (χ2v) is 5.59. The molecule has 4 nitrogen and oxygen atoms in total. The van der Waals surface area contributed by atoms with Crippen molar-refractivity contribution in [1.29, 1.82) is 0 Å². The van der Waals surface area contributed by atoms with Crippen LogP contribution in [0.2, 0.25) is 0 Å². The molecular formula is C13H17BrClNO3. The third-order valence-corrected chi connectivity index (χ3v) is 4.28. The predicted molar refractivity (Wildman–Crippen MR) is 78.9 cm³/mol. The Kier molecular flexibility index (Phi) is 5.64. The first-order valence-electron chi connectivity index (χ1n) is 6.02. The molecular weight excluding hydrogens is 334 g/mol. The van der Waals surface area contributed by atoms with Crippen LogP contribution in [-0.4, -0.2) is 16.2 Å². The van der Waals surface area contributed by atoms with Crippen LogP contribution in [0.4, 0.5) is 0 Å². The lowest BCUT2D eigenvalue weighted by Gasteiger charge is -2.22. The Hall–Kier alpha value is -0.780. The number of carbonyl (C=O) groups is 1. The molecule has 0 bridgehead atoms. The molecule has 0 saturated heterocycles. The maximum Gasteiger partial charge on any atom is 0.336 e. The van der Waals surface area contributed by atoms with Gasteiger partial charge in [0.25, 0.3) is 0 Å². The Bertz CT molecular complexity index is 475. The average molecular weight is 351 g/mol. The van der Waals surface area contributed by atoms with Gasteiger partial charge in [-0.2, -0.15) is 0 Å². The molecule has 0 amide bonds. The van der Waals surface area contributed by atoms with Crippen LogP contribution in [-0.2, 0) is 0 Å². The molecule has 6 heteroatoms. The van der Waals surface area contributed by atoms with Gasteiger partial charge in [-0.1, -0.05) is 12.8 Å². The maximum atomic E-state index is 11.2. The average Bonchev–Trinajstić information content (AvgIpc) is 2.84. The highest BCUT2D eigenvalue weighted by Gasteiger charge is 2.29. The van der Waals surface area contributed by atoms with E-state index < -0.39 is 12.0 Å². The molecule has 4 N–H and O–H groups in total. The molecule has 19 heavy (non-hydrogen) atoms. The summed E-state index contributed by atoms with van der Waals surface area (Å²) in [5.41, 5.74) is 6.61. The van der Waals surface area contributed by atoms with Crippen molar-refractivity contribution in [2.24, 2.45) is 11.7 Å². The Labute approximate surface area is 126 Å². The van der Waals surface area contributed by atoms with Crippen LogP contribution in [0.15, 0.2) is 16.6 Å². The Morgan fingerprint density at radius 3 is 2.47 bits per heavy atom. The van der Waals surface area contributed by atoms with Crippen molar-refractivity contribution in [3.63, 3.8) is 0 Å². The topological polar surface area (TPSA) is 83.6 Å². The van der Waals surface area contributed by atoms with Crippen LogP contribution in [0, 0.1) is 5.92 Å². The van der Waals surface area contributed by atoms with E-state index in [0.717, 1.165) is 25.7 Å². The molecule has 106 valence electrons. The van der Waals surface area contributed by atoms with Crippen molar-refractivity contribution >= 4 is 34.3 Å². The summed E-state index contributed by atoms with van der Waals surface area (Å²) in [6.07, 6.45) is 4.23. The van der Waals surface area contributed by atoms with Gasteiger partial charge in [0.15, 0.2) is 0 Å². The smallest absolute Gasteiger partial charge is 0.336 e. The molecule has 1 aromatic carbocycles. The van der Waals surface area contributed by atoms with Gasteiger partial charge in [-0.05, 0) is 46.8 Å². The predicted octanol–water partition coefficient (Wildman–Crippen LogP) is 3.46. The number of phenols is 1. The van der Waals surface area contributed by atoms with E-state index in [9.17, 15) is 15.0 Å². The second-order valence-electron chi connectivity index (χ2n) is 4.73. The second kappa shape index (κ2) is 6.59. The highest BCUT2D eigenvalue weighted by atomic mass is 79.9. The summed E-state index contributed by atoms with van der Waals surface area (Å²) in [6.45, 7) is 0. The van der Waals surface area contributed by atoms with Gasteiger partial charge < -0.3 is 15.9 Å². The highest BCUT2D eigenvalue weighted by molar-refractivity contribution is 9.10. The van der Waals surface area contributed by atoms with Crippen molar-refractivity contribution < 1.29 is 15.0 Å². The van der Waals surface area contributed by atoms with Crippen LogP contribution in [0.25, 0.3) is 0 Å². The maximum absolute atomic E-state index is 11.2. The van der Waals surface area contributed by atoms with E-state index in [-0.39, 0.29) is 29.6 Å². The first kappa shape index (κ1) is 16.3. The number of rotatable bonds is 3. The van der Waals surface area contributed by atoms with Crippen LogP contribution in [0.5, 0.6) is 5.75 Å². The third-order valence-electron chi connectivity index (χ3n) is 3.64. The Morgan fingerprint density at radius 2 is 1.95 bits per heavy atom. The lowest BCUT2D eigenvalue weighted by Crippen LogP contribution is -2.22. The van der Waals surface area contributed by atoms with Crippen molar-refractivity contribution in [1.82, 2.24) is 0 Å². The standard InChI is InChI=1S/C13H16BrNO3.ClH/c14-9-6-5-8(13(17)18)10(12(9)16)11(15)7-3-1-2-4-7;/h5-7,11,16H,1-4,15H2,(H,17,18);1H/t11-;/m1./s1. The van der Waals surface area contributed by atoms with Crippen molar-refractivity contribution in [3.8, 4) is 5.75 Å². The number of nitrogens with two attached hydrogens (primary N) is 1. The van der Waals surface area contributed by atoms with E-state index in [1.165, 1.54) is 12.1 Å². The minimum Gasteiger partial charge on any atom is -0.506 e. The van der Waals surface area contributed by atoms with Gasteiger partial charge in [-0.3, -0.25) is 0 Å². The van der Waals surface area contributed by atoms with Gasteiger partial charge in [0, 0.05) is 11.6 Å². The summed E-state index contributed by atoms with van der Waals surface area (Å²) in [5, 5.41) is 19.3. The molecule has 1 fully saturated rings. The third kappa shape index (κ3) is 3.22. The number of carboxylic acid groups (broad SMARTS) is 1. The molecule has 0 aliphatic heterocycles. The van der Waals surface area contributed by atoms with Gasteiger partial charge >= 0.3 is 5.97 Å². The van der Waals surface area contributed by atoms with Crippen molar-refractivity contribution in [3.05, 3.63) is 27.7 Å². The summed E-state index contributed by atoms with van der Waals surface area (Å²) in [4.78, 5) is 11.2. The summed E-state index contributed by atoms with van der Waals surface area (Å²) in [7, 11) is 0. The van der Waals surface area contributed by atoms with E-state index in [1.54, 1.807) is 0 Å². The van der Waals surface area contributed by atoms with Crippen LogP contribution < -0.4 is 5.73 Å². The van der Waals surface area contributed by atoms with Crippen LogP contribution in [0.3, 0.4) is 0 Å². The zero-order valence-corrected chi connectivity index (χ0v) is 12.7. The van der Waals surface area contributed by atoms with Gasteiger partial charge in [-0.25, -0.2) is 4.79 Å². The Balaban J connectivity index is 0.00000180. The van der Waals surface area contributed by atoms with E-state index in [1.807, 2.05) is 0 Å². The summed E-state index contributed by atoms with van der Waals surface area (Å²) in [6, 6.07) is 2.59. The lowest BCUT2D eigenvalue weighted by atomic mass is 9.89. The monoisotopic (exact) mass is 349 g/mol. The van der Waals surface area contributed by atoms with Crippen LogP contribution >= 0.6 is 28.3 Å². The molecule has 0 aromatic heterocycles. The molecule has 1 atom stereocenters. The van der Waals surface area contributed by atoms with Gasteiger partial charge in [0.2, 0.25) is 0 Å². The summed E-state index contributed by atoms with van der Waals surface area (Å²) < 4.78 is 0.482. The molecule has 1 aliphatic rings. The minimum atomic E-state index is -1.05. The van der Waals surface area contributed by atoms with E-state index >= 15 is 0 Å². The summed E-state index contributed by atoms with van der Waals surface area (Å²) in [5.74, 6) is -0.848. The van der Waals surface area contributed by atoms with Crippen LogP contribution in [0.1, 0.15) is 47.6 Å². The number of hydrogen-bond donors (Lipinski definition) is 3. The van der Waals surface area contributed by atoms with E-state index in [2.05, 4.69) is 15.9 Å². The fourth-order valence-corrected chi connectivity index (χ4v) is 3.00. The van der Waals surface area contributed by atoms with E-state index in [0.29, 0.717) is 10.0 Å². The number of aromatic carboxylic acids is 1. The van der Waals surface area contributed by atoms with Gasteiger partial charge in [0.1, 0.15) is 5.75 Å². The molecule has 1 aromatic rings. The Morgan fingerprint density at radius 1 is 1.37 bits per heavy atom. The molecule has 1 saturated carbocycles. The molecule has 0 spiro atoms. The molecule has 2 rings (SSSR count). The molecule has 0 unspecified atom stereocenters. The number of phenolic OH excluding ortho intramolecular Hbond substituents is 1. The van der Waals surface area contributed by atoms with Crippen molar-refractivity contribution in [2.75, 3.05) is 0 Å². The molecule has 0 heterocycles. The fourth-order valence-electron chi connectivity index (χ4n) is 2.66.